The van der Waals surface area contributed by atoms with Gasteiger partial charge in [0.1, 0.15) is 0 Å². The van der Waals surface area contributed by atoms with Crippen LogP contribution >= 0.6 is 0 Å². The maximum atomic E-state index is 12.8. The van der Waals surface area contributed by atoms with Crippen molar-refractivity contribution in [2.75, 3.05) is 7.05 Å². The molecule has 0 bridgehead atoms. The van der Waals surface area contributed by atoms with Crippen LogP contribution in [0.5, 0.6) is 0 Å². The van der Waals surface area contributed by atoms with Crippen LogP contribution in [0.3, 0.4) is 0 Å². The predicted molar refractivity (Wildman–Crippen MR) is 102 cm³/mol. The summed E-state index contributed by atoms with van der Waals surface area (Å²) in [6.07, 6.45) is 3.46. The Morgan fingerprint density at radius 3 is 2.76 bits per heavy atom. The molecule has 0 radical (unpaired) electrons. The number of benzene rings is 2. The van der Waals surface area contributed by atoms with Crippen LogP contribution in [0.1, 0.15) is 28.8 Å². The minimum Gasteiger partial charge on any atom is -0.358 e. The molecule has 1 N–H and O–H groups in total. The number of carbonyl (C=O) groups is 1. The normalized spacial score (nSPS) is 16.6. The van der Waals surface area contributed by atoms with Gasteiger partial charge in [-0.3, -0.25) is 4.79 Å². The fourth-order valence-electron chi connectivity index (χ4n) is 3.98. The Hall–Kier alpha value is -2.55. The molecule has 0 fully saturated rings. The van der Waals surface area contributed by atoms with Crippen molar-refractivity contribution in [3.05, 3.63) is 70.9 Å². The van der Waals surface area contributed by atoms with Crippen LogP contribution in [0.25, 0.3) is 10.9 Å². The molecule has 0 aliphatic heterocycles. The van der Waals surface area contributed by atoms with Gasteiger partial charge in [0.05, 0.1) is 6.42 Å². The quantitative estimate of drug-likeness (QED) is 0.772. The summed E-state index contributed by atoms with van der Waals surface area (Å²) < 4.78 is 0. The van der Waals surface area contributed by atoms with Gasteiger partial charge in [-0.2, -0.15) is 0 Å². The number of hydrogen-bond acceptors (Lipinski definition) is 1. The first-order chi connectivity index (χ1) is 12.1. The number of fused-ring (bicyclic) bond motifs is 3. The Labute approximate surface area is 148 Å². The average molecular weight is 332 g/mol. The van der Waals surface area contributed by atoms with E-state index < -0.39 is 0 Å². The lowest BCUT2D eigenvalue weighted by molar-refractivity contribution is -0.131. The number of H-pyrrole nitrogens is 1. The second kappa shape index (κ2) is 6.40. The van der Waals surface area contributed by atoms with Crippen LogP contribution in [0, 0.1) is 6.92 Å². The molecule has 1 aromatic heterocycles. The highest BCUT2D eigenvalue weighted by molar-refractivity contribution is 5.85. The molecule has 1 aliphatic carbocycles. The molecule has 1 unspecified atom stereocenters. The number of nitrogens with one attached hydrogen (secondary N) is 1. The van der Waals surface area contributed by atoms with Crippen molar-refractivity contribution in [3.8, 4) is 0 Å². The zero-order valence-electron chi connectivity index (χ0n) is 14.9. The predicted octanol–water partition coefficient (Wildman–Crippen LogP) is 4.03. The number of likely N-dealkylation sites (N-methyl/N-ethyl adjacent to an activating group) is 1. The van der Waals surface area contributed by atoms with E-state index in [9.17, 15) is 4.79 Å². The molecule has 0 spiro atoms. The number of carbonyl (C=O) groups excluding carboxylic acids is 1. The number of nitrogens with zero attached hydrogens (tertiary/aromatic N) is 1. The minimum absolute atomic E-state index is 0.211. The van der Waals surface area contributed by atoms with E-state index in [1.165, 1.54) is 27.7 Å². The second-order valence-corrected chi connectivity index (χ2v) is 7.13. The van der Waals surface area contributed by atoms with Gasteiger partial charge in [-0.05, 0) is 48.9 Å². The van der Waals surface area contributed by atoms with E-state index in [1.807, 2.05) is 24.1 Å². The molecule has 25 heavy (non-hydrogen) atoms. The Kier molecular flexibility index (Phi) is 4.08. The van der Waals surface area contributed by atoms with Crippen molar-refractivity contribution < 1.29 is 4.79 Å². The van der Waals surface area contributed by atoms with E-state index in [1.54, 1.807) is 0 Å². The molecule has 3 aromatic rings. The Balaban J connectivity index is 1.52. The van der Waals surface area contributed by atoms with Crippen molar-refractivity contribution in [3.63, 3.8) is 0 Å². The van der Waals surface area contributed by atoms with E-state index in [4.69, 9.17) is 0 Å². The molecule has 128 valence electrons. The Morgan fingerprint density at radius 1 is 1.16 bits per heavy atom. The van der Waals surface area contributed by atoms with Gasteiger partial charge in [-0.1, -0.05) is 42.5 Å². The number of hydrogen-bond donors (Lipinski definition) is 1. The maximum Gasteiger partial charge on any atom is 0.227 e. The van der Waals surface area contributed by atoms with Crippen molar-refractivity contribution >= 4 is 16.8 Å². The van der Waals surface area contributed by atoms with Crippen LogP contribution in [0.4, 0.5) is 0 Å². The number of aromatic amines is 1. The van der Waals surface area contributed by atoms with E-state index in [-0.39, 0.29) is 11.9 Å². The number of aromatic nitrogens is 1. The molecule has 4 rings (SSSR count). The summed E-state index contributed by atoms with van der Waals surface area (Å²) in [5.74, 6) is 0.211. The summed E-state index contributed by atoms with van der Waals surface area (Å²) in [4.78, 5) is 18.3. The van der Waals surface area contributed by atoms with E-state index in [0.717, 1.165) is 24.8 Å². The summed E-state index contributed by atoms with van der Waals surface area (Å²) >= 11 is 0. The second-order valence-electron chi connectivity index (χ2n) is 7.13. The van der Waals surface area contributed by atoms with E-state index >= 15 is 0 Å². The fraction of sp³-hybridized carbons (Fsp3) is 0.318. The third-order valence-electron chi connectivity index (χ3n) is 5.61. The lowest BCUT2D eigenvalue weighted by Gasteiger charge is -2.31. The van der Waals surface area contributed by atoms with E-state index in [2.05, 4.69) is 48.3 Å². The van der Waals surface area contributed by atoms with E-state index in [0.29, 0.717) is 6.42 Å². The molecule has 1 amide bonds. The zero-order valence-corrected chi connectivity index (χ0v) is 14.9. The largest absolute Gasteiger partial charge is 0.358 e. The summed E-state index contributed by atoms with van der Waals surface area (Å²) in [6.45, 7) is 2.07. The SMILES string of the molecule is Cc1ccccc1CC(=O)N(C)C1CCc2[nH]c3ccccc3c2C1. The summed E-state index contributed by atoms with van der Waals surface area (Å²) in [6, 6.07) is 16.9. The average Bonchev–Trinajstić information content (AvgIpc) is 3.01. The number of amides is 1. The minimum atomic E-state index is 0.211. The summed E-state index contributed by atoms with van der Waals surface area (Å²) in [5, 5.41) is 1.31. The number of para-hydroxylation sites is 1. The Morgan fingerprint density at radius 2 is 1.92 bits per heavy atom. The third-order valence-corrected chi connectivity index (χ3v) is 5.61. The molecule has 3 heteroatoms. The van der Waals surface area contributed by atoms with Gasteiger partial charge in [-0.25, -0.2) is 0 Å². The lowest BCUT2D eigenvalue weighted by atomic mass is 9.90. The van der Waals surface area contributed by atoms with Gasteiger partial charge in [0.15, 0.2) is 0 Å². The molecule has 2 aromatic carbocycles. The highest BCUT2D eigenvalue weighted by atomic mass is 16.2. The van der Waals surface area contributed by atoms with Crippen molar-refractivity contribution in [1.82, 2.24) is 9.88 Å². The topological polar surface area (TPSA) is 36.1 Å². The molecule has 0 saturated heterocycles. The molecule has 1 aliphatic rings. The first kappa shape index (κ1) is 15.9. The molecule has 0 saturated carbocycles. The van der Waals surface area contributed by atoms with Gasteiger partial charge in [0.25, 0.3) is 0 Å². The summed E-state index contributed by atoms with van der Waals surface area (Å²) in [5.41, 5.74) is 6.26. The summed E-state index contributed by atoms with van der Waals surface area (Å²) in [7, 11) is 1.96. The molecule has 3 nitrogen and oxygen atoms in total. The highest BCUT2D eigenvalue weighted by Crippen LogP contribution is 2.30. The molecule has 1 atom stereocenters. The smallest absolute Gasteiger partial charge is 0.227 e. The fourth-order valence-corrected chi connectivity index (χ4v) is 3.98. The molecular weight excluding hydrogens is 308 g/mol. The highest BCUT2D eigenvalue weighted by Gasteiger charge is 2.27. The van der Waals surface area contributed by atoms with Gasteiger partial charge in [0, 0.05) is 29.7 Å². The van der Waals surface area contributed by atoms with Gasteiger partial charge < -0.3 is 9.88 Å². The Bertz CT molecular complexity index is 925. The first-order valence-electron chi connectivity index (χ1n) is 9.02. The standard InChI is InChI=1S/C22H24N2O/c1-15-7-3-4-8-16(15)13-22(25)24(2)17-11-12-21-19(14-17)18-9-5-6-10-20(18)23-21/h3-10,17,23H,11-14H2,1-2H3. The first-order valence-corrected chi connectivity index (χ1v) is 9.02. The molecular formula is C22H24N2O. The number of aryl methyl sites for hydroxylation is 2. The zero-order chi connectivity index (χ0) is 17.4. The van der Waals surface area contributed by atoms with Crippen molar-refractivity contribution in [2.24, 2.45) is 0 Å². The monoisotopic (exact) mass is 332 g/mol. The van der Waals surface area contributed by atoms with Crippen LogP contribution in [-0.2, 0) is 24.1 Å². The van der Waals surface area contributed by atoms with Gasteiger partial charge in [0.2, 0.25) is 5.91 Å². The number of rotatable bonds is 3. The third kappa shape index (κ3) is 2.95. The van der Waals surface area contributed by atoms with Crippen molar-refractivity contribution in [2.45, 2.75) is 38.6 Å². The van der Waals surface area contributed by atoms with Crippen LogP contribution in [0.2, 0.25) is 0 Å². The molecule has 1 heterocycles. The van der Waals surface area contributed by atoms with Gasteiger partial charge >= 0.3 is 0 Å². The van der Waals surface area contributed by atoms with Crippen LogP contribution in [0.15, 0.2) is 48.5 Å². The maximum absolute atomic E-state index is 12.8. The van der Waals surface area contributed by atoms with Gasteiger partial charge in [-0.15, -0.1) is 0 Å². The van der Waals surface area contributed by atoms with Crippen molar-refractivity contribution in [1.29, 1.82) is 0 Å². The van der Waals surface area contributed by atoms with Crippen LogP contribution in [-0.4, -0.2) is 28.9 Å². The van der Waals surface area contributed by atoms with Crippen LogP contribution < -0.4 is 0 Å². The lowest BCUT2D eigenvalue weighted by Crippen LogP contribution is -2.41.